The van der Waals surface area contributed by atoms with Gasteiger partial charge in [-0.15, -0.1) is 0 Å². The van der Waals surface area contributed by atoms with Crippen molar-refractivity contribution in [1.82, 2.24) is 19.4 Å². The third-order valence-electron chi connectivity index (χ3n) is 4.74. The topological polar surface area (TPSA) is 78.2 Å². The van der Waals surface area contributed by atoms with Crippen molar-refractivity contribution >= 4 is 11.6 Å². The molecule has 7 heteroatoms. The van der Waals surface area contributed by atoms with Crippen LogP contribution in [0, 0.1) is 0 Å². The summed E-state index contributed by atoms with van der Waals surface area (Å²) in [6, 6.07) is 0.194. The summed E-state index contributed by atoms with van der Waals surface area (Å²) in [5, 5.41) is 8.69. The van der Waals surface area contributed by atoms with E-state index in [-0.39, 0.29) is 12.1 Å². The molecule has 2 heterocycles. The number of likely N-dealkylation sites (tertiary alicyclic amines) is 1. The van der Waals surface area contributed by atoms with Gasteiger partial charge in [-0.2, -0.15) is 5.48 Å². The van der Waals surface area contributed by atoms with E-state index in [1.165, 1.54) is 17.2 Å². The molecule has 0 bridgehead atoms. The van der Waals surface area contributed by atoms with E-state index in [0.717, 1.165) is 43.5 Å². The summed E-state index contributed by atoms with van der Waals surface area (Å²) >= 11 is 0. The molecule has 1 amide bonds. The summed E-state index contributed by atoms with van der Waals surface area (Å²) < 4.78 is 1.52. The molecule has 2 rings (SSSR count). The largest absolute Gasteiger partial charge is 0.329 e. The Bertz CT molecular complexity index is 657. The predicted octanol–water partition coefficient (Wildman–Crippen LogP) is 1.69. The van der Waals surface area contributed by atoms with Gasteiger partial charge in [0.15, 0.2) is 0 Å². The van der Waals surface area contributed by atoms with Crippen molar-refractivity contribution in [2.45, 2.75) is 32.2 Å². The number of rotatable bonds is 7. The van der Waals surface area contributed by atoms with Crippen LogP contribution >= 0.6 is 0 Å². The minimum absolute atomic E-state index is 0.0691. The van der Waals surface area contributed by atoms with Gasteiger partial charge < -0.3 is 9.80 Å². The smallest absolute Gasteiger partial charge is 0.324 e. The van der Waals surface area contributed by atoms with Gasteiger partial charge in [0.1, 0.15) is 12.5 Å². The van der Waals surface area contributed by atoms with Crippen LogP contribution in [-0.4, -0.2) is 63.3 Å². The minimum atomic E-state index is -0.0691. The van der Waals surface area contributed by atoms with Crippen molar-refractivity contribution in [2.75, 3.05) is 26.7 Å². The zero-order valence-corrected chi connectivity index (χ0v) is 15.7. The van der Waals surface area contributed by atoms with E-state index in [4.69, 9.17) is 5.21 Å². The van der Waals surface area contributed by atoms with E-state index < -0.39 is 0 Å². The summed E-state index contributed by atoms with van der Waals surface area (Å²) in [5.74, 6) is 0. The second kappa shape index (κ2) is 10.1. The van der Waals surface area contributed by atoms with Gasteiger partial charge in [-0.05, 0) is 38.0 Å². The van der Waals surface area contributed by atoms with E-state index in [9.17, 15) is 4.79 Å². The molecule has 1 saturated heterocycles. The SMILES string of the molecule is C=C/C(=C\C=C/[NH2+]O)c1cn(C(=O)N(C)C2CCN(CCC)CC2)cn1. The summed E-state index contributed by atoms with van der Waals surface area (Å²) in [4.78, 5) is 21.4. The summed E-state index contributed by atoms with van der Waals surface area (Å²) in [6.07, 6.45) is 13.1. The number of carbonyl (C=O) groups is 1. The Labute approximate surface area is 155 Å². The average molecular weight is 360 g/mol. The number of piperidine rings is 1. The first kappa shape index (κ1) is 20.1. The summed E-state index contributed by atoms with van der Waals surface area (Å²) in [6.45, 7) is 9.20. The van der Waals surface area contributed by atoms with E-state index in [0.29, 0.717) is 5.69 Å². The molecule has 26 heavy (non-hydrogen) atoms. The maximum Gasteiger partial charge on any atom is 0.329 e. The first-order chi connectivity index (χ1) is 12.6. The normalized spacial score (nSPS) is 17.0. The molecule has 3 N–H and O–H groups in total. The number of hydrogen-bond donors (Lipinski definition) is 2. The fourth-order valence-corrected chi connectivity index (χ4v) is 3.23. The molecule has 0 aromatic carbocycles. The molecule has 1 aromatic rings. The fourth-order valence-electron chi connectivity index (χ4n) is 3.23. The molecule has 0 unspecified atom stereocenters. The third kappa shape index (κ3) is 5.14. The average Bonchev–Trinajstić information content (AvgIpc) is 3.15. The Morgan fingerprint density at radius 1 is 1.50 bits per heavy atom. The number of hydroxylamine groups is 1. The van der Waals surface area contributed by atoms with Crippen LogP contribution in [-0.2, 0) is 0 Å². The van der Waals surface area contributed by atoms with Gasteiger partial charge in [0.25, 0.3) is 0 Å². The van der Waals surface area contributed by atoms with Gasteiger partial charge in [-0.1, -0.05) is 19.6 Å². The van der Waals surface area contributed by atoms with Crippen molar-refractivity contribution in [3.8, 4) is 0 Å². The molecule has 0 radical (unpaired) electrons. The third-order valence-corrected chi connectivity index (χ3v) is 4.74. The maximum atomic E-state index is 12.8. The Morgan fingerprint density at radius 3 is 2.85 bits per heavy atom. The molecule has 7 nitrogen and oxygen atoms in total. The molecule has 1 fully saturated rings. The number of imidazole rings is 1. The Morgan fingerprint density at radius 2 is 2.23 bits per heavy atom. The summed E-state index contributed by atoms with van der Waals surface area (Å²) in [5.41, 5.74) is 2.41. The van der Waals surface area contributed by atoms with Crippen molar-refractivity contribution in [3.63, 3.8) is 0 Å². The number of nitrogens with two attached hydrogens (primary N) is 1. The monoisotopic (exact) mass is 360 g/mol. The highest BCUT2D eigenvalue weighted by molar-refractivity contribution is 5.79. The van der Waals surface area contributed by atoms with Crippen LogP contribution in [0.25, 0.3) is 5.57 Å². The molecule has 0 aliphatic carbocycles. The predicted molar refractivity (Wildman–Crippen MR) is 102 cm³/mol. The maximum absolute atomic E-state index is 12.8. The van der Waals surface area contributed by atoms with Gasteiger partial charge in [0.05, 0.1) is 5.69 Å². The van der Waals surface area contributed by atoms with Gasteiger partial charge in [0.2, 0.25) is 0 Å². The van der Waals surface area contributed by atoms with Crippen molar-refractivity contribution in [3.05, 3.63) is 49.2 Å². The Balaban J connectivity index is 2.01. The van der Waals surface area contributed by atoms with Crippen LogP contribution in [0.3, 0.4) is 0 Å². The van der Waals surface area contributed by atoms with Crippen LogP contribution in [0.15, 0.2) is 43.5 Å². The van der Waals surface area contributed by atoms with Crippen LogP contribution in [0.4, 0.5) is 4.79 Å². The summed E-state index contributed by atoms with van der Waals surface area (Å²) in [7, 11) is 1.87. The van der Waals surface area contributed by atoms with E-state index in [2.05, 4.69) is 23.4 Å². The van der Waals surface area contributed by atoms with Crippen molar-refractivity contribution in [2.24, 2.45) is 0 Å². The number of carbonyl (C=O) groups excluding carboxylic acids is 1. The standard InChI is InChI=1S/C19H29N5O2/c1-4-11-23-12-8-17(9-13-23)22(3)19(25)24-14-18(20-15-24)16(5-2)7-6-10-21-26/h5-7,10,14-15,17,21,26H,2,4,8-9,11-13H2,1,3H3/p+1/b10-6-,16-7+. The second-order valence-electron chi connectivity index (χ2n) is 6.49. The minimum Gasteiger partial charge on any atom is -0.324 e. The number of nitrogens with zero attached hydrogens (tertiary/aromatic N) is 4. The molecule has 142 valence electrons. The lowest BCUT2D eigenvalue weighted by Crippen LogP contribution is -2.73. The lowest BCUT2D eigenvalue weighted by molar-refractivity contribution is -0.838. The van der Waals surface area contributed by atoms with Crippen LogP contribution < -0.4 is 5.48 Å². The molecule has 1 aliphatic rings. The van der Waals surface area contributed by atoms with Gasteiger partial charge in [-0.3, -0.25) is 4.57 Å². The van der Waals surface area contributed by atoms with Gasteiger partial charge >= 0.3 is 6.03 Å². The quantitative estimate of drug-likeness (QED) is 0.573. The Kier molecular flexibility index (Phi) is 7.77. The molecule has 1 aliphatic heterocycles. The fraction of sp³-hybridized carbons (Fsp3) is 0.474. The van der Waals surface area contributed by atoms with Crippen LogP contribution in [0.2, 0.25) is 0 Å². The zero-order valence-electron chi connectivity index (χ0n) is 15.7. The number of aromatic nitrogens is 2. The van der Waals surface area contributed by atoms with Gasteiger partial charge in [-0.25, -0.2) is 15.0 Å². The van der Waals surface area contributed by atoms with Crippen molar-refractivity contribution in [1.29, 1.82) is 0 Å². The van der Waals surface area contributed by atoms with Crippen LogP contribution in [0.1, 0.15) is 31.9 Å². The highest BCUT2D eigenvalue weighted by Crippen LogP contribution is 2.18. The molecule has 0 spiro atoms. The first-order valence-corrected chi connectivity index (χ1v) is 9.11. The highest BCUT2D eigenvalue weighted by atomic mass is 16.5. The molecule has 0 atom stereocenters. The highest BCUT2D eigenvalue weighted by Gasteiger charge is 2.26. The number of amides is 1. The van der Waals surface area contributed by atoms with E-state index in [1.807, 2.05) is 11.9 Å². The molecular formula is C19H30N5O2+. The zero-order chi connectivity index (χ0) is 18.9. The van der Waals surface area contributed by atoms with Crippen LogP contribution in [0.5, 0.6) is 0 Å². The second-order valence-corrected chi connectivity index (χ2v) is 6.49. The number of hydrogen-bond acceptors (Lipinski definition) is 4. The van der Waals surface area contributed by atoms with E-state index >= 15 is 0 Å². The van der Waals surface area contributed by atoms with Crippen molar-refractivity contribution < 1.29 is 15.5 Å². The lowest BCUT2D eigenvalue weighted by Gasteiger charge is -2.36. The van der Waals surface area contributed by atoms with E-state index in [1.54, 1.807) is 30.8 Å². The van der Waals surface area contributed by atoms with Gasteiger partial charge in [0, 0.05) is 37.9 Å². The lowest BCUT2D eigenvalue weighted by atomic mass is 10.0. The number of allylic oxidation sites excluding steroid dienone is 4. The molecular weight excluding hydrogens is 330 g/mol. The Hall–Kier alpha value is -2.22. The molecule has 0 saturated carbocycles. The number of quaternary nitrogens is 1. The first-order valence-electron chi connectivity index (χ1n) is 9.11. The molecule has 1 aromatic heterocycles.